The highest BCUT2D eigenvalue weighted by molar-refractivity contribution is 6.03. The number of carbonyl (C=O) groups excluding carboxylic acids is 1. The Hall–Kier alpha value is -2.34. The Labute approximate surface area is 124 Å². The smallest absolute Gasteiger partial charge is 0.163 e. The third kappa shape index (κ3) is 2.62. The fourth-order valence-corrected chi connectivity index (χ4v) is 2.62. The number of benzene rings is 2. The number of nitriles is 1. The minimum atomic E-state index is -0.000244. The van der Waals surface area contributed by atoms with Gasteiger partial charge in [0.2, 0.25) is 0 Å². The van der Waals surface area contributed by atoms with Gasteiger partial charge in [0.05, 0.1) is 18.2 Å². The van der Waals surface area contributed by atoms with Crippen LogP contribution in [0.15, 0.2) is 36.4 Å². The molecule has 1 saturated carbocycles. The van der Waals surface area contributed by atoms with Gasteiger partial charge in [0.25, 0.3) is 0 Å². The molecule has 0 heterocycles. The largest absolute Gasteiger partial charge is 0.492 e. The molecule has 1 aliphatic rings. The van der Waals surface area contributed by atoms with Crippen LogP contribution < -0.4 is 4.74 Å². The number of ether oxygens (including phenoxy) is 1. The van der Waals surface area contributed by atoms with Crippen molar-refractivity contribution in [2.24, 2.45) is 5.41 Å². The van der Waals surface area contributed by atoms with E-state index in [1.54, 1.807) is 6.92 Å². The quantitative estimate of drug-likeness (QED) is 0.774. The summed E-state index contributed by atoms with van der Waals surface area (Å²) in [6, 6.07) is 13.9. The van der Waals surface area contributed by atoms with Gasteiger partial charge in [0.15, 0.2) is 5.78 Å². The standard InChI is InChI=1S/C18H17NO2/c1-13(20)15-7-6-14-4-2-3-5-16(14)17(15)21-12-18(8-9-18)10-11-19/h2-7H,8-10,12H2,1H3. The second-order valence-electron chi connectivity index (χ2n) is 5.84. The number of fused-ring (bicyclic) bond motifs is 1. The summed E-state index contributed by atoms with van der Waals surface area (Å²) in [5, 5.41) is 10.9. The third-order valence-electron chi connectivity index (χ3n) is 4.19. The molecule has 3 nitrogen and oxygen atoms in total. The first-order chi connectivity index (χ1) is 10.2. The molecule has 21 heavy (non-hydrogen) atoms. The number of ketones is 1. The summed E-state index contributed by atoms with van der Waals surface area (Å²) < 4.78 is 6.02. The SMILES string of the molecule is CC(=O)c1ccc2ccccc2c1OCC1(CC#N)CC1. The van der Waals surface area contributed by atoms with E-state index in [1.807, 2.05) is 36.4 Å². The van der Waals surface area contributed by atoms with Gasteiger partial charge in [-0.25, -0.2) is 0 Å². The highest BCUT2D eigenvalue weighted by atomic mass is 16.5. The first kappa shape index (κ1) is 13.6. The normalized spacial score (nSPS) is 15.4. The zero-order valence-electron chi connectivity index (χ0n) is 12.1. The highest BCUT2D eigenvalue weighted by Gasteiger charge is 2.43. The first-order valence-electron chi connectivity index (χ1n) is 7.18. The van der Waals surface area contributed by atoms with Crippen molar-refractivity contribution >= 4 is 16.6 Å². The lowest BCUT2D eigenvalue weighted by atomic mass is 10.0. The molecule has 0 atom stereocenters. The van der Waals surface area contributed by atoms with E-state index in [9.17, 15) is 4.79 Å². The fraction of sp³-hybridized carbons (Fsp3) is 0.333. The van der Waals surface area contributed by atoms with E-state index in [-0.39, 0.29) is 11.2 Å². The highest BCUT2D eigenvalue weighted by Crippen LogP contribution is 2.49. The maximum atomic E-state index is 11.8. The molecule has 0 amide bonds. The molecule has 0 unspecified atom stereocenters. The topological polar surface area (TPSA) is 50.1 Å². The van der Waals surface area contributed by atoms with Gasteiger partial charge >= 0.3 is 0 Å². The van der Waals surface area contributed by atoms with Crippen LogP contribution in [0.5, 0.6) is 5.75 Å². The third-order valence-corrected chi connectivity index (χ3v) is 4.19. The van der Waals surface area contributed by atoms with E-state index in [2.05, 4.69) is 6.07 Å². The molecule has 3 heteroatoms. The van der Waals surface area contributed by atoms with Crippen molar-refractivity contribution in [3.8, 4) is 11.8 Å². The second-order valence-corrected chi connectivity index (χ2v) is 5.84. The average Bonchev–Trinajstić information content (AvgIpc) is 3.25. The van der Waals surface area contributed by atoms with Crippen molar-refractivity contribution in [1.82, 2.24) is 0 Å². The van der Waals surface area contributed by atoms with Crippen molar-refractivity contribution in [3.63, 3.8) is 0 Å². The molecule has 106 valence electrons. The van der Waals surface area contributed by atoms with Gasteiger partial charge in [0, 0.05) is 17.2 Å². The van der Waals surface area contributed by atoms with Gasteiger partial charge in [-0.05, 0) is 31.2 Å². The van der Waals surface area contributed by atoms with Crippen LogP contribution >= 0.6 is 0 Å². The Balaban J connectivity index is 1.97. The number of hydrogen-bond acceptors (Lipinski definition) is 3. The number of rotatable bonds is 5. The van der Waals surface area contributed by atoms with Gasteiger partial charge < -0.3 is 4.74 Å². The Bertz CT molecular complexity index is 738. The lowest BCUT2D eigenvalue weighted by molar-refractivity contribution is 0.101. The maximum absolute atomic E-state index is 11.8. The summed E-state index contributed by atoms with van der Waals surface area (Å²) in [5.41, 5.74) is 0.612. The van der Waals surface area contributed by atoms with Gasteiger partial charge in [-0.2, -0.15) is 5.26 Å². The molecule has 0 N–H and O–H groups in total. The Kier molecular flexibility index (Phi) is 3.39. The van der Waals surface area contributed by atoms with E-state index in [0.29, 0.717) is 24.3 Å². The molecule has 3 rings (SSSR count). The van der Waals surface area contributed by atoms with Crippen LogP contribution in [0.4, 0.5) is 0 Å². The first-order valence-corrected chi connectivity index (χ1v) is 7.18. The minimum Gasteiger partial charge on any atom is -0.492 e. The summed E-state index contributed by atoms with van der Waals surface area (Å²) >= 11 is 0. The Morgan fingerprint density at radius 1 is 1.29 bits per heavy atom. The monoisotopic (exact) mass is 279 g/mol. The molecule has 1 aliphatic carbocycles. The van der Waals surface area contributed by atoms with Crippen LogP contribution in [-0.2, 0) is 0 Å². The molecule has 0 saturated heterocycles. The second kappa shape index (κ2) is 5.21. The summed E-state index contributed by atoms with van der Waals surface area (Å²) in [4.78, 5) is 11.8. The predicted molar refractivity (Wildman–Crippen MR) is 81.3 cm³/mol. The minimum absolute atomic E-state index is 0.000244. The van der Waals surface area contributed by atoms with Crippen molar-refractivity contribution in [2.45, 2.75) is 26.2 Å². The van der Waals surface area contributed by atoms with Gasteiger partial charge in [0.1, 0.15) is 5.75 Å². The Morgan fingerprint density at radius 3 is 2.71 bits per heavy atom. The van der Waals surface area contributed by atoms with Crippen molar-refractivity contribution in [2.75, 3.05) is 6.61 Å². The molecule has 0 radical (unpaired) electrons. The number of hydrogen-bond donors (Lipinski definition) is 0. The van der Waals surface area contributed by atoms with Crippen LogP contribution in [0.25, 0.3) is 10.8 Å². The van der Waals surface area contributed by atoms with E-state index in [4.69, 9.17) is 10.00 Å². The molecule has 1 fully saturated rings. The van der Waals surface area contributed by atoms with Gasteiger partial charge in [-0.15, -0.1) is 0 Å². The van der Waals surface area contributed by atoms with E-state index >= 15 is 0 Å². The Morgan fingerprint density at radius 2 is 2.05 bits per heavy atom. The van der Waals surface area contributed by atoms with Crippen LogP contribution in [-0.4, -0.2) is 12.4 Å². The van der Waals surface area contributed by atoms with Crippen LogP contribution in [0.3, 0.4) is 0 Å². The lowest BCUT2D eigenvalue weighted by Gasteiger charge is -2.17. The van der Waals surface area contributed by atoms with E-state index < -0.39 is 0 Å². The molecule has 0 aliphatic heterocycles. The summed E-state index contributed by atoms with van der Waals surface area (Å²) in [6.45, 7) is 2.06. The number of Topliss-reactive ketones (excluding diaryl/α,β-unsaturated/α-hetero) is 1. The van der Waals surface area contributed by atoms with Crippen LogP contribution in [0, 0.1) is 16.7 Å². The summed E-state index contributed by atoms with van der Waals surface area (Å²) in [7, 11) is 0. The summed E-state index contributed by atoms with van der Waals surface area (Å²) in [6.07, 6.45) is 2.58. The fourth-order valence-electron chi connectivity index (χ4n) is 2.62. The molecular weight excluding hydrogens is 262 g/mol. The summed E-state index contributed by atoms with van der Waals surface area (Å²) in [5.74, 6) is 0.658. The lowest BCUT2D eigenvalue weighted by Crippen LogP contribution is -2.14. The maximum Gasteiger partial charge on any atom is 0.163 e. The van der Waals surface area contributed by atoms with E-state index in [1.165, 1.54) is 0 Å². The van der Waals surface area contributed by atoms with Crippen molar-refractivity contribution < 1.29 is 9.53 Å². The predicted octanol–water partition coefficient (Wildman–Crippen LogP) is 4.12. The van der Waals surface area contributed by atoms with Crippen molar-refractivity contribution in [3.05, 3.63) is 42.0 Å². The van der Waals surface area contributed by atoms with Crippen LogP contribution in [0.1, 0.15) is 36.5 Å². The molecule has 0 spiro atoms. The number of carbonyl (C=O) groups is 1. The molecule has 2 aromatic rings. The average molecular weight is 279 g/mol. The van der Waals surface area contributed by atoms with Gasteiger partial charge in [-0.3, -0.25) is 4.79 Å². The molecule has 0 aromatic heterocycles. The zero-order chi connectivity index (χ0) is 14.9. The van der Waals surface area contributed by atoms with Crippen molar-refractivity contribution in [1.29, 1.82) is 5.26 Å². The zero-order valence-corrected chi connectivity index (χ0v) is 12.1. The molecule has 2 aromatic carbocycles. The van der Waals surface area contributed by atoms with Gasteiger partial charge in [-0.1, -0.05) is 30.3 Å². The number of nitrogens with zero attached hydrogens (tertiary/aromatic N) is 1. The van der Waals surface area contributed by atoms with Crippen LogP contribution in [0.2, 0.25) is 0 Å². The molecule has 0 bridgehead atoms. The molecular formula is C18H17NO2. The van der Waals surface area contributed by atoms with E-state index in [0.717, 1.165) is 23.6 Å².